The van der Waals surface area contributed by atoms with Gasteiger partial charge in [0.1, 0.15) is 4.88 Å². The number of thiophene rings is 1. The molecule has 2 fully saturated rings. The van der Waals surface area contributed by atoms with Crippen LogP contribution < -0.4 is 4.90 Å². The number of aliphatic hydroxyl groups is 1. The molecule has 3 atom stereocenters. The van der Waals surface area contributed by atoms with Crippen molar-refractivity contribution in [3.8, 4) is 11.8 Å². The number of piperidine rings is 1. The van der Waals surface area contributed by atoms with Crippen LogP contribution in [0.3, 0.4) is 0 Å². The number of aliphatic hydroxyl groups excluding tert-OH is 1. The summed E-state index contributed by atoms with van der Waals surface area (Å²) in [5.41, 5.74) is 0.299. The smallest absolute Gasteiger partial charge is 0.348 e. The van der Waals surface area contributed by atoms with E-state index in [0.29, 0.717) is 22.9 Å². The summed E-state index contributed by atoms with van der Waals surface area (Å²) in [6, 6.07) is 1.82. The van der Waals surface area contributed by atoms with Gasteiger partial charge in [-0.05, 0) is 71.8 Å². The third kappa shape index (κ3) is 5.90. The highest BCUT2D eigenvalue weighted by Gasteiger charge is 2.42. The van der Waals surface area contributed by atoms with Crippen LogP contribution in [0.1, 0.15) is 93.6 Å². The third-order valence-corrected chi connectivity index (χ3v) is 7.30. The van der Waals surface area contributed by atoms with Crippen LogP contribution in [0.25, 0.3) is 0 Å². The molecule has 1 saturated heterocycles. The standard InChI is InChI=1S/C25H35NO4S/c1-16(27)14-18-10-11-20(17-8-6-5-7-9-17)26(23(18)28)21-15-19(12-13-25(2,3)4)31-22(21)24(29)30/h15-18,20,27H,5-11,14H2,1-4H3,(H,29,30). The summed E-state index contributed by atoms with van der Waals surface area (Å²) in [7, 11) is 0. The molecule has 170 valence electrons. The van der Waals surface area contributed by atoms with E-state index in [1.165, 1.54) is 6.42 Å². The molecule has 0 aromatic carbocycles. The Balaban J connectivity index is 2.03. The molecule has 3 rings (SSSR count). The van der Waals surface area contributed by atoms with Gasteiger partial charge in [0.2, 0.25) is 5.91 Å². The predicted molar refractivity (Wildman–Crippen MR) is 124 cm³/mol. The van der Waals surface area contributed by atoms with Crippen molar-refractivity contribution in [3.63, 3.8) is 0 Å². The lowest BCUT2D eigenvalue weighted by molar-refractivity contribution is -0.126. The van der Waals surface area contributed by atoms with Gasteiger partial charge in [-0.15, -0.1) is 11.3 Å². The summed E-state index contributed by atoms with van der Waals surface area (Å²) in [6.07, 6.45) is 7.18. The van der Waals surface area contributed by atoms with Crippen LogP contribution in [-0.2, 0) is 4.79 Å². The molecule has 0 spiro atoms. The molecule has 2 heterocycles. The normalized spacial score (nSPS) is 23.9. The summed E-state index contributed by atoms with van der Waals surface area (Å²) in [4.78, 5) is 28.4. The van der Waals surface area contributed by atoms with Crippen molar-refractivity contribution < 1.29 is 19.8 Å². The second kappa shape index (κ2) is 9.75. The SMILES string of the molecule is CC(O)CC1CCC(C2CCCCC2)N(c2cc(C#CC(C)(C)C)sc2C(=O)O)C1=O. The van der Waals surface area contributed by atoms with E-state index in [9.17, 15) is 19.8 Å². The number of carbonyl (C=O) groups is 2. The second-order valence-electron chi connectivity index (χ2n) is 10.2. The molecule has 31 heavy (non-hydrogen) atoms. The van der Waals surface area contributed by atoms with Crippen LogP contribution in [0.15, 0.2) is 6.07 Å². The maximum Gasteiger partial charge on any atom is 0.348 e. The number of nitrogens with zero attached hydrogens (tertiary/aromatic N) is 1. The van der Waals surface area contributed by atoms with Crippen LogP contribution >= 0.6 is 11.3 Å². The highest BCUT2D eigenvalue weighted by Crippen LogP contribution is 2.42. The van der Waals surface area contributed by atoms with Gasteiger partial charge >= 0.3 is 5.97 Å². The predicted octanol–water partition coefficient (Wildman–Crippen LogP) is 5.31. The van der Waals surface area contributed by atoms with E-state index in [4.69, 9.17) is 0 Å². The highest BCUT2D eigenvalue weighted by atomic mass is 32.1. The van der Waals surface area contributed by atoms with Gasteiger partial charge in [-0.2, -0.15) is 0 Å². The fourth-order valence-corrected chi connectivity index (χ4v) is 5.74. The van der Waals surface area contributed by atoms with Crippen molar-refractivity contribution in [3.05, 3.63) is 15.8 Å². The maximum atomic E-state index is 13.6. The van der Waals surface area contributed by atoms with Crippen molar-refractivity contribution in [2.45, 2.75) is 91.2 Å². The first kappa shape index (κ1) is 23.8. The van der Waals surface area contributed by atoms with Gasteiger partial charge in [0.25, 0.3) is 0 Å². The average Bonchev–Trinajstić information content (AvgIpc) is 3.12. The monoisotopic (exact) mass is 445 g/mol. The van der Waals surface area contributed by atoms with E-state index in [1.54, 1.807) is 17.9 Å². The first-order valence-corrected chi connectivity index (χ1v) is 12.3. The Morgan fingerprint density at radius 1 is 1.23 bits per heavy atom. The number of rotatable bonds is 5. The summed E-state index contributed by atoms with van der Waals surface area (Å²) in [5.74, 6) is 5.36. The minimum absolute atomic E-state index is 0.0224. The van der Waals surface area contributed by atoms with Crippen molar-refractivity contribution in [2.24, 2.45) is 17.3 Å². The summed E-state index contributed by atoms with van der Waals surface area (Å²) in [5, 5.41) is 19.8. The Kier molecular flexibility index (Phi) is 7.49. The van der Waals surface area contributed by atoms with Crippen LogP contribution in [0.5, 0.6) is 0 Å². The maximum absolute atomic E-state index is 13.6. The van der Waals surface area contributed by atoms with Gasteiger partial charge in [-0.1, -0.05) is 31.1 Å². The van der Waals surface area contributed by atoms with E-state index < -0.39 is 12.1 Å². The molecular formula is C25H35NO4S. The minimum Gasteiger partial charge on any atom is -0.477 e. The van der Waals surface area contributed by atoms with E-state index in [-0.39, 0.29) is 28.2 Å². The van der Waals surface area contributed by atoms with Crippen LogP contribution in [0, 0.1) is 29.1 Å². The number of aromatic carboxylic acids is 1. The summed E-state index contributed by atoms with van der Waals surface area (Å²) < 4.78 is 0. The van der Waals surface area contributed by atoms with Gasteiger partial charge < -0.3 is 15.1 Å². The third-order valence-electron chi connectivity index (χ3n) is 6.28. The van der Waals surface area contributed by atoms with Gasteiger partial charge in [0.05, 0.1) is 16.7 Å². The van der Waals surface area contributed by atoms with Crippen molar-refractivity contribution in [1.82, 2.24) is 0 Å². The number of amides is 1. The Morgan fingerprint density at radius 3 is 2.48 bits per heavy atom. The lowest BCUT2D eigenvalue weighted by Crippen LogP contribution is -2.52. The second-order valence-corrected chi connectivity index (χ2v) is 11.2. The van der Waals surface area contributed by atoms with Crippen molar-refractivity contribution in [2.75, 3.05) is 4.90 Å². The molecule has 1 aromatic heterocycles. The Labute approximate surface area is 189 Å². The van der Waals surface area contributed by atoms with Crippen molar-refractivity contribution in [1.29, 1.82) is 0 Å². The number of carboxylic acid groups (broad SMARTS) is 1. The first-order valence-electron chi connectivity index (χ1n) is 11.5. The largest absolute Gasteiger partial charge is 0.477 e. The molecule has 3 unspecified atom stereocenters. The van der Waals surface area contributed by atoms with E-state index in [0.717, 1.165) is 49.9 Å². The zero-order valence-corrected chi connectivity index (χ0v) is 19.9. The first-order chi connectivity index (χ1) is 14.6. The zero-order chi connectivity index (χ0) is 22.8. The van der Waals surface area contributed by atoms with Crippen molar-refractivity contribution >= 4 is 28.9 Å². The summed E-state index contributed by atoms with van der Waals surface area (Å²) in [6.45, 7) is 7.75. The van der Waals surface area contributed by atoms with Gasteiger partial charge in [-0.3, -0.25) is 4.79 Å². The molecule has 1 amide bonds. The number of hydrogen-bond donors (Lipinski definition) is 2. The molecule has 1 aliphatic heterocycles. The number of carbonyl (C=O) groups excluding carboxylic acids is 1. The molecule has 0 bridgehead atoms. The average molecular weight is 446 g/mol. The fourth-order valence-electron chi connectivity index (χ4n) is 4.90. The molecule has 1 aliphatic carbocycles. The zero-order valence-electron chi connectivity index (χ0n) is 19.1. The number of hydrogen-bond acceptors (Lipinski definition) is 4. The Morgan fingerprint density at radius 2 is 1.90 bits per heavy atom. The lowest BCUT2D eigenvalue weighted by atomic mass is 9.77. The number of carboxylic acids is 1. The molecule has 0 radical (unpaired) electrons. The minimum atomic E-state index is -1.02. The lowest BCUT2D eigenvalue weighted by Gasteiger charge is -2.44. The molecule has 5 nitrogen and oxygen atoms in total. The van der Waals surface area contributed by atoms with E-state index in [1.807, 2.05) is 20.8 Å². The van der Waals surface area contributed by atoms with Crippen LogP contribution in [0.2, 0.25) is 0 Å². The van der Waals surface area contributed by atoms with E-state index in [2.05, 4.69) is 11.8 Å². The molecule has 1 saturated carbocycles. The van der Waals surface area contributed by atoms with Gasteiger partial charge in [-0.25, -0.2) is 4.79 Å². The molecular weight excluding hydrogens is 410 g/mol. The molecule has 1 aromatic rings. The topological polar surface area (TPSA) is 77.8 Å². The molecule has 2 N–H and O–H groups in total. The van der Waals surface area contributed by atoms with Crippen LogP contribution in [-0.4, -0.2) is 34.2 Å². The van der Waals surface area contributed by atoms with Gasteiger partial charge in [0, 0.05) is 17.4 Å². The number of anilines is 1. The van der Waals surface area contributed by atoms with E-state index >= 15 is 0 Å². The van der Waals surface area contributed by atoms with Gasteiger partial charge in [0.15, 0.2) is 0 Å². The summed E-state index contributed by atoms with van der Waals surface area (Å²) >= 11 is 1.15. The highest BCUT2D eigenvalue weighted by molar-refractivity contribution is 7.15. The van der Waals surface area contributed by atoms with Crippen LogP contribution in [0.4, 0.5) is 5.69 Å². The quantitative estimate of drug-likeness (QED) is 0.602. The Hall–Kier alpha value is -1.84. The molecule has 6 heteroatoms. The fraction of sp³-hybridized carbons (Fsp3) is 0.680. The Bertz CT molecular complexity index is 864. The molecule has 2 aliphatic rings.